The standard InChI is InChI=1S/C42H70O11.C27H38N2O9.Na/c1-11-29(38(46)47)31-15-14-23(4)36(50-31)27(8)34(44)26(7)35(45)30(12-2)37-24(5)22-25(6)41(51-37)19-16-32(43)42(53-41)21-20-39(10,52-42)33-17-18-40(48,13-3)28(9)49-33;1-6-7-8-10-19-24(38-21(31)13-15(2)3)17(5)37-27(35)22(16(4)36-26(19)34)29-25(33)18-11-9-12-20(23(18)32)28-14-30;/h16,19,23-34,36-37,43-44,48H,11-15,17-18,20-22H2,1-10H3,(H,46,47);9,11-12,14-17,19,22,24,32H,6-8,10,13H2,1-5H3,(H,28,30)(H,29,33);/q;;+1/p-1. The Morgan fingerprint density at radius 1 is 0.848 bits per heavy atom. The average Bonchev–Trinajstić information content (AvgIpc) is 1.44. The van der Waals surface area contributed by atoms with Crippen molar-refractivity contribution in [1.82, 2.24) is 5.32 Å². The molecule has 0 aromatic heterocycles. The molecule has 7 rings (SSSR count). The number of carbonyl (C=O) groups excluding carboxylic acids is 7. The van der Waals surface area contributed by atoms with Gasteiger partial charge in [-0.3, -0.25) is 24.0 Å². The van der Waals surface area contributed by atoms with Gasteiger partial charge in [0.05, 0.1) is 65.0 Å². The maximum atomic E-state index is 14.4. The van der Waals surface area contributed by atoms with Crippen molar-refractivity contribution in [2.75, 3.05) is 5.32 Å². The van der Waals surface area contributed by atoms with Gasteiger partial charge in [0, 0.05) is 48.4 Å². The van der Waals surface area contributed by atoms with Gasteiger partial charge in [-0.15, -0.1) is 0 Å². The van der Waals surface area contributed by atoms with Gasteiger partial charge in [-0.25, -0.2) is 4.79 Å². The molecular weight excluding hydrogens is 1200 g/mol. The number of aliphatic hydroxyl groups excluding tert-OH is 2. The Kier molecular flexibility index (Phi) is 28.8. The maximum absolute atomic E-state index is 14.4. The summed E-state index contributed by atoms with van der Waals surface area (Å²) in [4.78, 5) is 89.0. The number of carboxylic acids is 1. The number of aliphatic carboxylic acids is 1. The summed E-state index contributed by atoms with van der Waals surface area (Å²) < 4.78 is 50.3. The molecule has 6 aliphatic heterocycles. The van der Waals surface area contributed by atoms with Gasteiger partial charge >= 0.3 is 47.5 Å². The number of anilines is 1. The minimum Gasteiger partial charge on any atom is -0.550 e. The van der Waals surface area contributed by atoms with E-state index in [1.165, 1.54) is 32.0 Å². The maximum Gasteiger partial charge on any atom is 1.00 e. The largest absolute Gasteiger partial charge is 1.00 e. The van der Waals surface area contributed by atoms with Gasteiger partial charge in [0.15, 0.2) is 23.7 Å². The van der Waals surface area contributed by atoms with Crippen LogP contribution in [0.5, 0.6) is 5.75 Å². The topological polar surface area (TPSA) is 321 Å². The first-order chi connectivity index (χ1) is 42.8. The molecule has 0 bridgehead atoms. The van der Waals surface area contributed by atoms with Crippen LogP contribution in [0, 0.1) is 53.3 Å². The number of aromatic hydroxyl groups is 1. The monoisotopic (exact) mass is 1310 g/mol. The van der Waals surface area contributed by atoms with Crippen molar-refractivity contribution >= 4 is 47.7 Å². The van der Waals surface area contributed by atoms with Gasteiger partial charge in [0.2, 0.25) is 12.2 Å². The number of hydrogen-bond donors (Lipinski definition) is 6. The molecule has 5 fully saturated rings. The van der Waals surface area contributed by atoms with Crippen LogP contribution in [0.15, 0.2) is 30.4 Å². The van der Waals surface area contributed by atoms with Crippen molar-refractivity contribution in [2.24, 2.45) is 53.3 Å². The number of aliphatic hydroxyl groups is 3. The molecule has 23 atom stereocenters. The number of phenols is 1. The number of benzene rings is 1. The number of phenolic OH excluding ortho intramolecular Hbond substituents is 1. The molecule has 0 saturated carbocycles. The zero-order valence-electron chi connectivity index (χ0n) is 57.4. The molecular formula is C69H107N2NaO20. The molecule has 514 valence electrons. The van der Waals surface area contributed by atoms with Crippen LogP contribution in [-0.2, 0) is 66.7 Å². The summed E-state index contributed by atoms with van der Waals surface area (Å²) in [6.45, 7) is 28.2. The minimum atomic E-state index is -1.42. The van der Waals surface area contributed by atoms with E-state index in [-0.39, 0.29) is 88.9 Å². The molecule has 92 heavy (non-hydrogen) atoms. The van der Waals surface area contributed by atoms with Crippen LogP contribution >= 0.6 is 0 Å². The molecule has 0 radical (unpaired) electrons. The molecule has 6 heterocycles. The Morgan fingerprint density at radius 2 is 1.52 bits per heavy atom. The predicted octanol–water partition coefficient (Wildman–Crippen LogP) is 4.95. The van der Waals surface area contributed by atoms with E-state index in [9.17, 15) is 59.1 Å². The van der Waals surface area contributed by atoms with Crippen molar-refractivity contribution in [3.05, 3.63) is 35.9 Å². The Hall–Kier alpha value is -4.07. The number of carbonyl (C=O) groups is 7. The van der Waals surface area contributed by atoms with Gasteiger partial charge in [-0.2, -0.15) is 0 Å². The SMILES string of the molecule is CCC(C(=O)[O-])C1CCC(C)C(C(C)C(O)C(C)C(=O)C(CC)C2OC3(C=CC(O)C4(CCC(C)(C5CCC(O)(CC)C(C)O5)O4)O3)C(C)CC2C)O1.CCCCCC1C(=O)OC(C)C(NC(=O)c2cccc(NC=O)c2O)C(=O)OC(C)C1OC(=O)CC(C)C.[Na+]. The average molecular weight is 1310 g/mol. The van der Waals surface area contributed by atoms with Crippen LogP contribution in [-0.4, -0.2) is 152 Å². The van der Waals surface area contributed by atoms with E-state index in [2.05, 4.69) is 31.4 Å². The van der Waals surface area contributed by atoms with Gasteiger partial charge in [0.25, 0.3) is 5.91 Å². The van der Waals surface area contributed by atoms with Gasteiger partial charge in [-0.05, 0) is 134 Å². The fraction of sp³-hybridized carbons (Fsp3) is 0.783. The van der Waals surface area contributed by atoms with Crippen molar-refractivity contribution in [3.63, 3.8) is 0 Å². The smallest absolute Gasteiger partial charge is 0.550 e. The van der Waals surface area contributed by atoms with Crippen molar-refractivity contribution in [3.8, 4) is 5.75 Å². The van der Waals surface area contributed by atoms with Crippen LogP contribution in [0.25, 0.3) is 0 Å². The minimum absolute atomic E-state index is 0. The predicted molar refractivity (Wildman–Crippen MR) is 333 cm³/mol. The third-order valence-electron chi connectivity index (χ3n) is 20.7. The molecule has 1 aromatic carbocycles. The van der Waals surface area contributed by atoms with Crippen LogP contribution in [0.4, 0.5) is 5.69 Å². The molecule has 2 amide bonds. The second-order valence-corrected chi connectivity index (χ2v) is 27.8. The van der Waals surface area contributed by atoms with E-state index < -0.39 is 143 Å². The molecule has 6 N–H and O–H groups in total. The number of ketones is 1. The Morgan fingerprint density at radius 3 is 2.13 bits per heavy atom. The number of hydrogen-bond acceptors (Lipinski definition) is 20. The zero-order chi connectivity index (χ0) is 67.7. The summed E-state index contributed by atoms with van der Waals surface area (Å²) in [6.07, 6.45) is 5.28. The molecule has 23 heteroatoms. The normalized spacial score (nSPS) is 36.4. The van der Waals surface area contributed by atoms with E-state index >= 15 is 0 Å². The first-order valence-electron chi connectivity index (χ1n) is 33.6. The summed E-state index contributed by atoms with van der Waals surface area (Å²) >= 11 is 0. The summed E-state index contributed by atoms with van der Waals surface area (Å²) in [7, 11) is 0. The fourth-order valence-electron chi connectivity index (χ4n) is 14.7. The van der Waals surface area contributed by atoms with E-state index in [4.69, 9.17) is 37.9 Å². The molecule has 6 aliphatic rings. The van der Waals surface area contributed by atoms with Crippen LogP contribution in [0.3, 0.4) is 0 Å². The molecule has 23 unspecified atom stereocenters. The van der Waals surface area contributed by atoms with Gasteiger partial charge in [0.1, 0.15) is 24.1 Å². The first kappa shape index (κ1) is 78.6. The second-order valence-electron chi connectivity index (χ2n) is 27.8. The summed E-state index contributed by atoms with van der Waals surface area (Å²) in [5, 5.41) is 61.1. The van der Waals surface area contributed by atoms with Crippen LogP contribution in [0.2, 0.25) is 0 Å². The number of ether oxygens (including phenoxy) is 8. The summed E-state index contributed by atoms with van der Waals surface area (Å²) in [5.41, 5.74) is -1.85. The summed E-state index contributed by atoms with van der Waals surface area (Å²) in [5.74, 6) is -10.5. The number of cyclic esters (lactones) is 2. The van der Waals surface area contributed by atoms with Gasteiger partial charge < -0.3 is 78.9 Å². The Balaban J connectivity index is 0.000000349. The number of esters is 3. The van der Waals surface area contributed by atoms with Crippen molar-refractivity contribution in [2.45, 2.75) is 290 Å². The van der Waals surface area contributed by atoms with Crippen molar-refractivity contribution < 1.29 is 127 Å². The van der Waals surface area contributed by atoms with E-state index in [0.29, 0.717) is 77.0 Å². The molecule has 1 aromatic rings. The van der Waals surface area contributed by atoms with E-state index in [0.717, 1.165) is 19.3 Å². The third-order valence-corrected chi connectivity index (χ3v) is 20.7. The van der Waals surface area contributed by atoms with Gasteiger partial charge in [-0.1, -0.05) is 101 Å². The Labute approximate surface area is 566 Å². The number of nitrogens with one attached hydrogen (secondary N) is 2. The molecule has 2 spiro atoms. The van der Waals surface area contributed by atoms with Crippen molar-refractivity contribution in [1.29, 1.82) is 0 Å². The third kappa shape index (κ3) is 17.9. The van der Waals surface area contributed by atoms with E-state index in [1.807, 2.05) is 62.3 Å². The number of rotatable bonds is 23. The number of amides is 2. The number of unbranched alkanes of at least 4 members (excludes halogenated alkanes) is 2. The number of Topliss-reactive ketones (excluding diaryl/α,β-unsaturated/α-hetero) is 1. The van der Waals surface area contributed by atoms with Crippen LogP contribution in [0.1, 0.15) is 211 Å². The molecule has 5 saturated heterocycles. The Bertz CT molecular complexity index is 2700. The molecule has 22 nitrogen and oxygen atoms in total. The number of para-hydroxylation sites is 1. The fourth-order valence-corrected chi connectivity index (χ4v) is 14.7. The zero-order valence-corrected chi connectivity index (χ0v) is 59.4. The quantitative estimate of drug-likeness (QED) is 0.0161. The van der Waals surface area contributed by atoms with Crippen LogP contribution < -0.4 is 45.3 Å². The molecule has 0 aliphatic carbocycles. The first-order valence-corrected chi connectivity index (χ1v) is 33.6. The number of carboxylic acid groups (broad SMARTS) is 1. The second kappa shape index (κ2) is 33.7. The van der Waals surface area contributed by atoms with E-state index in [1.54, 1.807) is 19.1 Å². The summed E-state index contributed by atoms with van der Waals surface area (Å²) in [6, 6.07) is 2.71.